The van der Waals surface area contributed by atoms with Gasteiger partial charge in [-0.2, -0.15) is 0 Å². The standard InChI is InChI=1S/C17H19ClN2O3S2/c1-12-4-5-13(9-16(12)18)19-17(24)20(10-15-3-2-7-23-15)14-6-8-25(21,22)11-14/h2-5,7,9,14H,6,8,10-11H2,1H3,(H,19,24)/t14-/m1/s1. The Morgan fingerprint density at radius 2 is 2.24 bits per heavy atom. The van der Waals surface area contributed by atoms with E-state index in [9.17, 15) is 8.42 Å². The third-order valence-corrected chi connectivity index (χ3v) is 6.73. The molecule has 0 aliphatic carbocycles. The van der Waals surface area contributed by atoms with Gasteiger partial charge in [-0.05, 0) is 55.4 Å². The lowest BCUT2D eigenvalue weighted by molar-refractivity contribution is 0.302. The van der Waals surface area contributed by atoms with Gasteiger partial charge in [-0.25, -0.2) is 8.42 Å². The van der Waals surface area contributed by atoms with E-state index in [1.165, 1.54) is 0 Å². The number of rotatable bonds is 4. The van der Waals surface area contributed by atoms with Crippen molar-refractivity contribution in [2.24, 2.45) is 0 Å². The summed E-state index contributed by atoms with van der Waals surface area (Å²) in [5, 5.41) is 4.27. The largest absolute Gasteiger partial charge is 0.467 e. The van der Waals surface area contributed by atoms with Crippen molar-refractivity contribution < 1.29 is 12.8 Å². The number of hydrogen-bond acceptors (Lipinski definition) is 4. The van der Waals surface area contributed by atoms with Gasteiger partial charge < -0.3 is 14.6 Å². The number of furan rings is 1. The van der Waals surface area contributed by atoms with Gasteiger partial charge in [0, 0.05) is 16.8 Å². The smallest absolute Gasteiger partial charge is 0.174 e. The van der Waals surface area contributed by atoms with E-state index in [0.717, 1.165) is 17.0 Å². The first kappa shape index (κ1) is 18.2. The maximum atomic E-state index is 11.9. The lowest BCUT2D eigenvalue weighted by Crippen LogP contribution is -2.42. The minimum Gasteiger partial charge on any atom is -0.467 e. The van der Waals surface area contributed by atoms with Crippen LogP contribution >= 0.6 is 23.8 Å². The van der Waals surface area contributed by atoms with Crippen LogP contribution in [-0.2, 0) is 16.4 Å². The first-order chi connectivity index (χ1) is 11.8. The number of aryl methyl sites for hydroxylation is 1. The SMILES string of the molecule is Cc1ccc(NC(=S)N(Cc2ccco2)[C@@H]2CCS(=O)(=O)C2)cc1Cl. The van der Waals surface area contributed by atoms with Gasteiger partial charge in [-0.3, -0.25) is 0 Å². The molecular weight excluding hydrogens is 380 g/mol. The molecule has 0 bridgehead atoms. The van der Waals surface area contributed by atoms with E-state index in [1.54, 1.807) is 18.4 Å². The van der Waals surface area contributed by atoms with Crippen LogP contribution in [-0.4, -0.2) is 36.0 Å². The van der Waals surface area contributed by atoms with Crippen molar-refractivity contribution in [2.75, 3.05) is 16.8 Å². The third-order valence-electron chi connectivity index (χ3n) is 4.24. The van der Waals surface area contributed by atoms with Gasteiger partial charge in [0.05, 0.1) is 24.3 Å². The average molecular weight is 399 g/mol. The Bertz CT molecular complexity index is 866. The molecule has 1 atom stereocenters. The van der Waals surface area contributed by atoms with E-state index < -0.39 is 9.84 Å². The summed E-state index contributed by atoms with van der Waals surface area (Å²) in [6.07, 6.45) is 2.15. The second kappa shape index (κ2) is 7.35. The highest BCUT2D eigenvalue weighted by Gasteiger charge is 2.34. The lowest BCUT2D eigenvalue weighted by Gasteiger charge is -2.30. The first-order valence-electron chi connectivity index (χ1n) is 7.91. The Morgan fingerprint density at radius 3 is 2.84 bits per heavy atom. The van der Waals surface area contributed by atoms with E-state index in [2.05, 4.69) is 5.32 Å². The zero-order chi connectivity index (χ0) is 18.0. The molecule has 0 amide bonds. The highest BCUT2D eigenvalue weighted by atomic mass is 35.5. The molecule has 3 rings (SSSR count). The van der Waals surface area contributed by atoms with Crippen LogP contribution in [0, 0.1) is 6.92 Å². The molecule has 1 fully saturated rings. The summed E-state index contributed by atoms with van der Waals surface area (Å²) in [5.74, 6) is 1.02. The number of hydrogen-bond donors (Lipinski definition) is 1. The van der Waals surface area contributed by atoms with Crippen molar-refractivity contribution in [3.8, 4) is 0 Å². The second-order valence-corrected chi connectivity index (χ2v) is 9.18. The number of nitrogens with zero attached hydrogens (tertiary/aromatic N) is 1. The Morgan fingerprint density at radius 1 is 1.44 bits per heavy atom. The van der Waals surface area contributed by atoms with Gasteiger partial charge in [0.15, 0.2) is 14.9 Å². The monoisotopic (exact) mass is 398 g/mol. The Balaban J connectivity index is 1.80. The normalized spacial score (nSPS) is 18.9. The van der Waals surface area contributed by atoms with Gasteiger partial charge in [-0.15, -0.1) is 0 Å². The highest BCUT2D eigenvalue weighted by Crippen LogP contribution is 2.24. The molecule has 0 radical (unpaired) electrons. The van der Waals surface area contributed by atoms with Gasteiger partial charge >= 0.3 is 0 Å². The summed E-state index contributed by atoms with van der Waals surface area (Å²) in [5.41, 5.74) is 1.75. The molecule has 0 unspecified atom stereocenters. The van der Waals surface area contributed by atoms with Gasteiger partial charge in [0.1, 0.15) is 5.76 Å². The fourth-order valence-electron chi connectivity index (χ4n) is 2.82. The molecule has 8 heteroatoms. The van der Waals surface area contributed by atoms with Crippen LogP contribution in [0.4, 0.5) is 5.69 Å². The Labute approximate surface area is 157 Å². The van der Waals surface area contributed by atoms with Crippen LogP contribution in [0.15, 0.2) is 41.0 Å². The maximum Gasteiger partial charge on any atom is 0.174 e. The molecule has 1 aromatic carbocycles. The molecule has 1 aromatic heterocycles. The minimum atomic E-state index is -3.02. The highest BCUT2D eigenvalue weighted by molar-refractivity contribution is 7.91. The summed E-state index contributed by atoms with van der Waals surface area (Å²) in [6.45, 7) is 2.34. The molecule has 134 valence electrons. The predicted octanol–water partition coefficient (Wildman–Crippen LogP) is 3.63. The zero-order valence-corrected chi connectivity index (χ0v) is 16.1. The van der Waals surface area contributed by atoms with Crippen LogP contribution in [0.5, 0.6) is 0 Å². The zero-order valence-electron chi connectivity index (χ0n) is 13.7. The maximum absolute atomic E-state index is 11.9. The van der Waals surface area contributed by atoms with Crippen molar-refractivity contribution in [2.45, 2.75) is 25.9 Å². The van der Waals surface area contributed by atoms with Crippen LogP contribution < -0.4 is 5.32 Å². The number of nitrogens with one attached hydrogen (secondary N) is 1. The summed E-state index contributed by atoms with van der Waals surface area (Å²) in [6, 6.07) is 9.08. The molecule has 1 aliphatic heterocycles. The molecule has 25 heavy (non-hydrogen) atoms. The molecule has 5 nitrogen and oxygen atoms in total. The van der Waals surface area contributed by atoms with Gasteiger partial charge in [0.25, 0.3) is 0 Å². The molecular formula is C17H19ClN2O3S2. The number of anilines is 1. The summed E-state index contributed by atoms with van der Waals surface area (Å²) in [7, 11) is -3.02. The van der Waals surface area contributed by atoms with Crippen molar-refractivity contribution in [1.82, 2.24) is 4.90 Å². The number of halogens is 1. The Hall–Kier alpha value is -1.57. The average Bonchev–Trinajstić information content (AvgIpc) is 3.17. The van der Waals surface area contributed by atoms with Crippen molar-refractivity contribution in [3.63, 3.8) is 0 Å². The fourth-order valence-corrected chi connectivity index (χ4v) is 5.07. The van der Waals surface area contributed by atoms with E-state index >= 15 is 0 Å². The molecule has 1 aliphatic rings. The quantitative estimate of drug-likeness (QED) is 0.793. The second-order valence-electron chi connectivity index (χ2n) is 6.16. The topological polar surface area (TPSA) is 62.6 Å². The van der Waals surface area contributed by atoms with Gasteiger partial charge in [-0.1, -0.05) is 17.7 Å². The summed E-state index contributed by atoms with van der Waals surface area (Å²) in [4.78, 5) is 1.88. The fraction of sp³-hybridized carbons (Fsp3) is 0.353. The van der Waals surface area contributed by atoms with Crippen LogP contribution in [0.25, 0.3) is 0 Å². The van der Waals surface area contributed by atoms with E-state index in [1.807, 2.05) is 30.0 Å². The van der Waals surface area contributed by atoms with Crippen molar-refractivity contribution in [1.29, 1.82) is 0 Å². The van der Waals surface area contributed by atoms with Crippen molar-refractivity contribution in [3.05, 3.63) is 52.9 Å². The lowest BCUT2D eigenvalue weighted by atomic mass is 10.2. The molecule has 2 aromatic rings. The summed E-state index contributed by atoms with van der Waals surface area (Å²) >= 11 is 11.7. The summed E-state index contributed by atoms with van der Waals surface area (Å²) < 4.78 is 29.2. The third kappa shape index (κ3) is 4.54. The van der Waals surface area contributed by atoms with Crippen LogP contribution in [0.3, 0.4) is 0 Å². The predicted molar refractivity (Wildman–Crippen MR) is 104 cm³/mol. The van der Waals surface area contributed by atoms with Crippen molar-refractivity contribution >= 4 is 44.5 Å². The number of benzene rings is 1. The van der Waals surface area contributed by atoms with Gasteiger partial charge in [0.2, 0.25) is 0 Å². The molecule has 0 saturated carbocycles. The first-order valence-corrected chi connectivity index (χ1v) is 10.5. The van der Waals surface area contributed by atoms with E-state index in [0.29, 0.717) is 23.1 Å². The minimum absolute atomic E-state index is 0.101. The number of thiocarbonyl (C=S) groups is 1. The van der Waals surface area contributed by atoms with E-state index in [-0.39, 0.29) is 17.5 Å². The molecule has 1 N–H and O–H groups in total. The molecule has 2 heterocycles. The van der Waals surface area contributed by atoms with E-state index in [4.69, 9.17) is 28.2 Å². The number of sulfone groups is 1. The molecule has 0 spiro atoms. The van der Waals surface area contributed by atoms with Crippen LogP contribution in [0.1, 0.15) is 17.7 Å². The Kier molecular flexibility index (Phi) is 5.36. The van der Waals surface area contributed by atoms with Crippen LogP contribution in [0.2, 0.25) is 5.02 Å². The molecule has 1 saturated heterocycles.